The predicted molar refractivity (Wildman–Crippen MR) is 126 cm³/mol. The van der Waals surface area contributed by atoms with Gasteiger partial charge >= 0.3 is 0 Å². The van der Waals surface area contributed by atoms with Gasteiger partial charge in [0, 0.05) is 32.0 Å². The third-order valence-electron chi connectivity index (χ3n) is 5.61. The van der Waals surface area contributed by atoms with Gasteiger partial charge < -0.3 is 9.64 Å². The van der Waals surface area contributed by atoms with Crippen LogP contribution in [0.5, 0.6) is 5.75 Å². The minimum absolute atomic E-state index is 0.193. The monoisotopic (exact) mass is 435 g/mol. The zero-order chi connectivity index (χ0) is 22.9. The Hall–Kier alpha value is -3.15. The van der Waals surface area contributed by atoms with Crippen molar-refractivity contribution in [2.24, 2.45) is 0 Å². The van der Waals surface area contributed by atoms with Gasteiger partial charge in [-0.2, -0.15) is 0 Å². The molecule has 6 heteroatoms. The number of amides is 2. The van der Waals surface area contributed by atoms with E-state index in [4.69, 9.17) is 4.74 Å². The number of aromatic nitrogens is 1. The van der Waals surface area contributed by atoms with Crippen LogP contribution in [0, 0.1) is 0 Å². The van der Waals surface area contributed by atoms with Gasteiger partial charge in [-0.1, -0.05) is 32.4 Å². The number of unbranched alkanes of at least 4 members (excludes halogenated alkanes) is 1. The van der Waals surface area contributed by atoms with Gasteiger partial charge in [-0.15, -0.1) is 0 Å². The summed E-state index contributed by atoms with van der Waals surface area (Å²) in [4.78, 5) is 34.3. The molecule has 1 aromatic carbocycles. The van der Waals surface area contributed by atoms with E-state index in [-0.39, 0.29) is 11.8 Å². The van der Waals surface area contributed by atoms with Crippen molar-refractivity contribution in [2.75, 3.05) is 26.2 Å². The van der Waals surface area contributed by atoms with Crippen LogP contribution in [-0.2, 0) is 16.0 Å². The number of ether oxygens (including phenoxy) is 1. The second-order valence-electron chi connectivity index (χ2n) is 7.90. The molecule has 0 saturated heterocycles. The summed E-state index contributed by atoms with van der Waals surface area (Å²) in [5.41, 5.74) is 2.90. The molecule has 0 aliphatic carbocycles. The van der Waals surface area contributed by atoms with Crippen LogP contribution in [0.15, 0.2) is 54.5 Å². The molecular formula is C26H33N3O3. The van der Waals surface area contributed by atoms with Crippen LogP contribution < -0.4 is 4.74 Å². The van der Waals surface area contributed by atoms with Gasteiger partial charge in [0.25, 0.3) is 11.8 Å². The standard InChI is InChI=1S/C26H33N3O3/c1-4-7-17-29-25(30)23(21-8-10-22(11-9-21)32-19-5-2)24(26(29)31)28(6-3)18-14-20-12-15-27-16-13-20/h8-13,15-16H,4-7,14,17-19H2,1-3H3. The second kappa shape index (κ2) is 11.5. The molecule has 0 fully saturated rings. The molecule has 1 aliphatic heterocycles. The van der Waals surface area contributed by atoms with Crippen LogP contribution in [0.3, 0.4) is 0 Å². The minimum atomic E-state index is -0.206. The van der Waals surface area contributed by atoms with Crippen molar-refractivity contribution in [3.63, 3.8) is 0 Å². The summed E-state index contributed by atoms with van der Waals surface area (Å²) in [5.74, 6) is 0.367. The molecule has 2 heterocycles. The average molecular weight is 436 g/mol. The molecule has 170 valence electrons. The summed E-state index contributed by atoms with van der Waals surface area (Å²) in [6.07, 6.45) is 6.97. The van der Waals surface area contributed by atoms with Gasteiger partial charge in [-0.3, -0.25) is 19.5 Å². The maximum absolute atomic E-state index is 13.4. The molecule has 0 radical (unpaired) electrons. The predicted octanol–water partition coefficient (Wildman–Crippen LogP) is 4.32. The molecule has 0 saturated carbocycles. The summed E-state index contributed by atoms with van der Waals surface area (Å²) >= 11 is 0. The minimum Gasteiger partial charge on any atom is -0.494 e. The highest BCUT2D eigenvalue weighted by molar-refractivity contribution is 6.35. The Bertz CT molecular complexity index is 939. The van der Waals surface area contributed by atoms with E-state index < -0.39 is 0 Å². The fourth-order valence-electron chi connectivity index (χ4n) is 3.82. The Balaban J connectivity index is 1.93. The molecule has 0 N–H and O–H groups in total. The van der Waals surface area contributed by atoms with Gasteiger partial charge in [-0.05, 0) is 61.6 Å². The number of pyridine rings is 1. The first-order valence-electron chi connectivity index (χ1n) is 11.6. The lowest BCUT2D eigenvalue weighted by Crippen LogP contribution is -2.36. The molecular weight excluding hydrogens is 402 g/mol. The average Bonchev–Trinajstić information content (AvgIpc) is 3.07. The van der Waals surface area contributed by atoms with Crippen molar-refractivity contribution in [3.8, 4) is 5.75 Å². The SMILES string of the molecule is CCCCN1C(=O)C(c2ccc(OCCC)cc2)=C(N(CC)CCc2ccncc2)C1=O. The van der Waals surface area contributed by atoms with Crippen LogP contribution in [-0.4, -0.2) is 52.8 Å². The zero-order valence-corrected chi connectivity index (χ0v) is 19.3. The number of imide groups is 1. The number of hydrogen-bond donors (Lipinski definition) is 0. The molecule has 1 aromatic heterocycles. The number of rotatable bonds is 12. The van der Waals surface area contributed by atoms with Crippen molar-refractivity contribution >= 4 is 17.4 Å². The molecule has 2 amide bonds. The summed E-state index contributed by atoms with van der Waals surface area (Å²) in [7, 11) is 0. The van der Waals surface area contributed by atoms with E-state index in [0.29, 0.717) is 37.5 Å². The van der Waals surface area contributed by atoms with Crippen LogP contribution in [0.4, 0.5) is 0 Å². The molecule has 0 atom stereocenters. The number of likely N-dealkylation sites (N-methyl/N-ethyl adjacent to an activating group) is 1. The maximum Gasteiger partial charge on any atom is 0.277 e. The van der Waals surface area contributed by atoms with E-state index in [1.165, 1.54) is 4.90 Å². The fourth-order valence-corrected chi connectivity index (χ4v) is 3.82. The van der Waals surface area contributed by atoms with E-state index >= 15 is 0 Å². The van der Waals surface area contributed by atoms with Crippen LogP contribution in [0.2, 0.25) is 0 Å². The van der Waals surface area contributed by atoms with Crippen molar-refractivity contribution in [3.05, 3.63) is 65.6 Å². The first-order chi connectivity index (χ1) is 15.6. The molecule has 6 nitrogen and oxygen atoms in total. The van der Waals surface area contributed by atoms with E-state index in [0.717, 1.165) is 42.6 Å². The van der Waals surface area contributed by atoms with Crippen molar-refractivity contribution in [1.82, 2.24) is 14.8 Å². The number of hydrogen-bond acceptors (Lipinski definition) is 5. The topological polar surface area (TPSA) is 62.7 Å². The van der Waals surface area contributed by atoms with Gasteiger partial charge in [0.15, 0.2) is 0 Å². The molecule has 0 unspecified atom stereocenters. The highest BCUT2D eigenvalue weighted by Gasteiger charge is 2.40. The third-order valence-corrected chi connectivity index (χ3v) is 5.61. The van der Waals surface area contributed by atoms with Crippen LogP contribution in [0.25, 0.3) is 5.57 Å². The smallest absolute Gasteiger partial charge is 0.277 e. The maximum atomic E-state index is 13.4. The number of benzene rings is 1. The van der Waals surface area contributed by atoms with Gasteiger partial charge in [0.05, 0.1) is 12.2 Å². The second-order valence-corrected chi connectivity index (χ2v) is 7.90. The molecule has 0 bridgehead atoms. The van der Waals surface area contributed by atoms with Crippen molar-refractivity contribution in [1.29, 1.82) is 0 Å². The summed E-state index contributed by atoms with van der Waals surface area (Å²) in [6.45, 7) is 8.52. The van der Waals surface area contributed by atoms with Gasteiger partial charge in [0.1, 0.15) is 11.4 Å². The normalized spacial score (nSPS) is 13.8. The molecule has 2 aromatic rings. The Morgan fingerprint density at radius 1 is 0.938 bits per heavy atom. The summed E-state index contributed by atoms with van der Waals surface area (Å²) < 4.78 is 5.68. The highest BCUT2D eigenvalue weighted by atomic mass is 16.5. The Morgan fingerprint density at radius 3 is 2.28 bits per heavy atom. The van der Waals surface area contributed by atoms with E-state index in [1.54, 1.807) is 12.4 Å². The number of carbonyl (C=O) groups is 2. The molecule has 32 heavy (non-hydrogen) atoms. The lowest BCUT2D eigenvalue weighted by Gasteiger charge is -2.25. The Kier molecular flexibility index (Phi) is 8.42. The summed E-state index contributed by atoms with van der Waals surface area (Å²) in [5, 5.41) is 0. The largest absolute Gasteiger partial charge is 0.494 e. The zero-order valence-electron chi connectivity index (χ0n) is 19.3. The molecule has 3 rings (SSSR count). The Morgan fingerprint density at radius 2 is 1.66 bits per heavy atom. The number of carbonyl (C=O) groups excluding carboxylic acids is 2. The first kappa shape index (κ1) is 23.5. The van der Waals surface area contributed by atoms with Crippen LogP contribution in [0.1, 0.15) is 51.2 Å². The quantitative estimate of drug-likeness (QED) is 0.465. The lowest BCUT2D eigenvalue weighted by molar-refractivity contribution is -0.137. The van der Waals surface area contributed by atoms with Gasteiger partial charge in [-0.25, -0.2) is 0 Å². The molecule has 0 spiro atoms. The van der Waals surface area contributed by atoms with Gasteiger partial charge in [0.2, 0.25) is 0 Å². The Labute approximate surface area is 190 Å². The fraction of sp³-hybridized carbons (Fsp3) is 0.423. The first-order valence-corrected chi connectivity index (χ1v) is 11.6. The highest BCUT2D eigenvalue weighted by Crippen LogP contribution is 2.33. The third kappa shape index (κ3) is 5.36. The van der Waals surface area contributed by atoms with Crippen molar-refractivity contribution < 1.29 is 14.3 Å². The van der Waals surface area contributed by atoms with E-state index in [1.807, 2.05) is 48.2 Å². The van der Waals surface area contributed by atoms with E-state index in [9.17, 15) is 9.59 Å². The van der Waals surface area contributed by atoms with Crippen molar-refractivity contribution in [2.45, 2.75) is 46.5 Å². The lowest BCUT2D eigenvalue weighted by atomic mass is 10.0. The number of nitrogens with zero attached hydrogens (tertiary/aromatic N) is 3. The van der Waals surface area contributed by atoms with E-state index in [2.05, 4.69) is 18.8 Å². The summed E-state index contributed by atoms with van der Waals surface area (Å²) in [6, 6.07) is 11.5. The van der Waals surface area contributed by atoms with Crippen LogP contribution >= 0.6 is 0 Å². The molecule has 1 aliphatic rings.